The van der Waals surface area contributed by atoms with Crippen LogP contribution in [0.3, 0.4) is 0 Å². The molecule has 1 fully saturated rings. The van der Waals surface area contributed by atoms with E-state index in [1.165, 1.54) is 5.56 Å². The molecule has 178 valence electrons. The zero-order valence-corrected chi connectivity index (χ0v) is 19.9. The molecule has 1 aromatic heterocycles. The molecule has 2 unspecified atom stereocenters. The zero-order valence-electron chi connectivity index (χ0n) is 19.9. The lowest BCUT2D eigenvalue weighted by Gasteiger charge is -2.30. The smallest absolute Gasteiger partial charge is 0.347 e. The molecule has 5 nitrogen and oxygen atoms in total. The van der Waals surface area contributed by atoms with Gasteiger partial charge in [0.25, 0.3) is 0 Å². The van der Waals surface area contributed by atoms with Crippen molar-refractivity contribution in [1.82, 2.24) is 4.90 Å². The lowest BCUT2D eigenvalue weighted by Crippen LogP contribution is -2.39. The Kier molecular flexibility index (Phi) is 7.12. The topological polar surface area (TPSA) is 51.9 Å². The highest BCUT2D eigenvalue weighted by Gasteiger charge is 2.31. The molecule has 1 aliphatic carbocycles. The highest BCUT2D eigenvalue weighted by molar-refractivity contribution is 5.71. The summed E-state index contributed by atoms with van der Waals surface area (Å²) in [6.07, 6.45) is 2.86. The van der Waals surface area contributed by atoms with Gasteiger partial charge in [0.2, 0.25) is 0 Å². The van der Waals surface area contributed by atoms with Gasteiger partial charge in [-0.05, 0) is 30.4 Å². The van der Waals surface area contributed by atoms with Gasteiger partial charge in [0.05, 0.1) is 19.8 Å². The van der Waals surface area contributed by atoms with E-state index in [1.54, 1.807) is 0 Å². The lowest BCUT2D eigenvalue weighted by molar-refractivity contribution is 0.0283. The fraction of sp³-hybridized carbons (Fsp3) is 0.414. The van der Waals surface area contributed by atoms with Crippen molar-refractivity contribution in [2.24, 2.45) is 5.92 Å². The molecule has 0 N–H and O–H groups in total. The average molecular weight is 460 g/mol. The van der Waals surface area contributed by atoms with Crippen molar-refractivity contribution in [3.8, 4) is 16.9 Å². The number of ether oxygens (including phenoxy) is 2. The summed E-state index contributed by atoms with van der Waals surface area (Å²) in [7, 11) is 0. The van der Waals surface area contributed by atoms with Crippen LogP contribution in [0.5, 0.6) is 5.75 Å². The number of hydrogen-bond donors (Lipinski definition) is 0. The van der Waals surface area contributed by atoms with Crippen LogP contribution < -0.4 is 10.4 Å². The molecule has 2 heterocycles. The Morgan fingerprint density at radius 3 is 2.47 bits per heavy atom. The molecule has 2 atom stereocenters. The second-order valence-electron chi connectivity index (χ2n) is 9.49. The third kappa shape index (κ3) is 4.96. The Bertz CT molecular complexity index is 1140. The molecule has 34 heavy (non-hydrogen) atoms. The number of benzene rings is 2. The van der Waals surface area contributed by atoms with E-state index in [0.29, 0.717) is 23.8 Å². The van der Waals surface area contributed by atoms with Crippen molar-refractivity contribution in [2.75, 3.05) is 39.5 Å². The summed E-state index contributed by atoms with van der Waals surface area (Å²) in [5.74, 6) is 1.90. The molecule has 2 aliphatic rings. The van der Waals surface area contributed by atoms with Crippen molar-refractivity contribution in [3.63, 3.8) is 0 Å². The van der Waals surface area contributed by atoms with Gasteiger partial charge in [-0.3, -0.25) is 4.90 Å². The Morgan fingerprint density at radius 2 is 1.74 bits per heavy atom. The Morgan fingerprint density at radius 1 is 1.03 bits per heavy atom. The third-order valence-corrected chi connectivity index (χ3v) is 6.89. The molecule has 5 rings (SSSR count). The molecule has 5 heteroatoms. The fourth-order valence-electron chi connectivity index (χ4n) is 5.22. The van der Waals surface area contributed by atoms with Crippen molar-refractivity contribution >= 4 is 0 Å². The quantitative estimate of drug-likeness (QED) is 0.491. The number of morpholine rings is 1. The minimum absolute atomic E-state index is 0.0793. The second-order valence-corrected chi connectivity index (χ2v) is 9.49. The molecule has 2 aromatic carbocycles. The molecular weight excluding hydrogens is 426 g/mol. The maximum absolute atomic E-state index is 13.4. The largest absolute Gasteiger partial charge is 0.492 e. The zero-order chi connectivity index (χ0) is 23.3. The fourth-order valence-corrected chi connectivity index (χ4v) is 5.22. The summed E-state index contributed by atoms with van der Waals surface area (Å²) in [5.41, 5.74) is 3.31. The van der Waals surface area contributed by atoms with E-state index >= 15 is 0 Å². The van der Waals surface area contributed by atoms with Gasteiger partial charge >= 0.3 is 5.63 Å². The van der Waals surface area contributed by atoms with Gasteiger partial charge in [0.15, 0.2) is 0 Å². The number of hydrogen-bond acceptors (Lipinski definition) is 5. The maximum atomic E-state index is 13.4. The summed E-state index contributed by atoms with van der Waals surface area (Å²) < 4.78 is 18.1. The van der Waals surface area contributed by atoms with Crippen molar-refractivity contribution in [2.45, 2.75) is 32.1 Å². The predicted octanol–water partition coefficient (Wildman–Crippen LogP) is 5.12. The van der Waals surface area contributed by atoms with Gasteiger partial charge in [0.1, 0.15) is 17.1 Å². The van der Waals surface area contributed by atoms with E-state index in [0.717, 1.165) is 69.0 Å². The van der Waals surface area contributed by atoms with Gasteiger partial charge in [-0.25, -0.2) is 4.79 Å². The summed E-state index contributed by atoms with van der Waals surface area (Å²) in [4.78, 5) is 15.8. The number of rotatable bonds is 7. The standard InChI is InChI=1S/C29H33NO4/c1-21(19-30-15-17-32-18-16-30)20-33-28-25-14-8-13-24(22-9-4-2-5-10-22)27(25)34-29(31)26(28)23-11-6-3-7-12-23/h2-7,9-12,21,24H,8,13-20H2,1H3. The maximum Gasteiger partial charge on any atom is 0.347 e. The lowest BCUT2D eigenvalue weighted by atomic mass is 9.82. The third-order valence-electron chi connectivity index (χ3n) is 6.89. The van der Waals surface area contributed by atoms with Crippen LogP contribution in [0, 0.1) is 5.92 Å². The van der Waals surface area contributed by atoms with Crippen LogP contribution in [0.15, 0.2) is 69.9 Å². The van der Waals surface area contributed by atoms with Gasteiger partial charge in [-0.2, -0.15) is 0 Å². The summed E-state index contributed by atoms with van der Waals surface area (Å²) in [6.45, 7) is 7.23. The SMILES string of the molecule is CC(COc1c2c(oc(=O)c1-c1ccccc1)C(c1ccccc1)CCC2)CN1CCOCC1. The molecule has 1 saturated heterocycles. The van der Waals surface area contributed by atoms with Crippen molar-refractivity contribution in [3.05, 3.63) is 88.0 Å². The van der Waals surface area contributed by atoms with E-state index < -0.39 is 0 Å². The minimum Gasteiger partial charge on any atom is -0.492 e. The molecule has 0 saturated carbocycles. The monoisotopic (exact) mass is 459 g/mol. The van der Waals surface area contributed by atoms with Crippen LogP contribution in [0.4, 0.5) is 0 Å². The minimum atomic E-state index is -0.316. The van der Waals surface area contributed by atoms with E-state index in [2.05, 4.69) is 24.0 Å². The van der Waals surface area contributed by atoms with Crippen LogP contribution in [0.25, 0.3) is 11.1 Å². The summed E-state index contributed by atoms with van der Waals surface area (Å²) in [5, 5.41) is 0. The van der Waals surface area contributed by atoms with E-state index in [4.69, 9.17) is 13.9 Å². The Labute approximate surface area is 201 Å². The first-order valence-corrected chi connectivity index (χ1v) is 12.4. The molecule has 1 aliphatic heterocycles. The number of fused-ring (bicyclic) bond motifs is 1. The second kappa shape index (κ2) is 10.6. The van der Waals surface area contributed by atoms with E-state index in [-0.39, 0.29) is 11.5 Å². The van der Waals surface area contributed by atoms with Crippen molar-refractivity contribution in [1.29, 1.82) is 0 Å². The van der Waals surface area contributed by atoms with Crippen LogP contribution in [-0.2, 0) is 11.2 Å². The van der Waals surface area contributed by atoms with Gasteiger partial charge in [-0.1, -0.05) is 67.6 Å². The highest BCUT2D eigenvalue weighted by atomic mass is 16.5. The highest BCUT2D eigenvalue weighted by Crippen LogP contribution is 2.43. The molecular formula is C29H33NO4. The normalized spacial score (nSPS) is 19.4. The van der Waals surface area contributed by atoms with Crippen LogP contribution in [-0.4, -0.2) is 44.4 Å². The molecule has 0 bridgehead atoms. The van der Waals surface area contributed by atoms with Crippen LogP contribution in [0.1, 0.15) is 42.6 Å². The van der Waals surface area contributed by atoms with Crippen LogP contribution >= 0.6 is 0 Å². The van der Waals surface area contributed by atoms with Crippen LogP contribution in [0.2, 0.25) is 0 Å². The Hall–Kier alpha value is -2.89. The van der Waals surface area contributed by atoms with Crippen molar-refractivity contribution < 1.29 is 13.9 Å². The van der Waals surface area contributed by atoms with Gasteiger partial charge in [0, 0.05) is 37.0 Å². The number of nitrogens with zero attached hydrogens (tertiary/aromatic N) is 1. The molecule has 3 aromatic rings. The first kappa shape index (κ1) is 22.9. The van der Waals surface area contributed by atoms with E-state index in [9.17, 15) is 4.79 Å². The van der Waals surface area contributed by atoms with Gasteiger partial charge < -0.3 is 13.9 Å². The first-order valence-electron chi connectivity index (χ1n) is 12.4. The average Bonchev–Trinajstić information content (AvgIpc) is 2.88. The molecule has 0 spiro atoms. The summed E-state index contributed by atoms with van der Waals surface area (Å²) >= 11 is 0. The first-order chi connectivity index (χ1) is 16.7. The molecule has 0 amide bonds. The molecule has 0 radical (unpaired) electrons. The van der Waals surface area contributed by atoms with Gasteiger partial charge in [-0.15, -0.1) is 0 Å². The summed E-state index contributed by atoms with van der Waals surface area (Å²) in [6, 6.07) is 20.1. The predicted molar refractivity (Wildman–Crippen MR) is 134 cm³/mol. The Balaban J connectivity index is 1.50. The van der Waals surface area contributed by atoms with E-state index in [1.807, 2.05) is 48.5 Å².